The third-order valence-corrected chi connectivity index (χ3v) is 3.07. The Hall–Kier alpha value is -1.03. The Morgan fingerprint density at radius 3 is 2.93 bits per heavy atom. The molecular formula is C11H14BrNO2. The van der Waals surface area contributed by atoms with Gasteiger partial charge in [0.15, 0.2) is 0 Å². The van der Waals surface area contributed by atoms with E-state index in [0.717, 1.165) is 22.9 Å². The lowest BCUT2D eigenvalue weighted by molar-refractivity contribution is 0.0589. The van der Waals surface area contributed by atoms with Gasteiger partial charge in [0, 0.05) is 13.2 Å². The molecule has 0 aliphatic rings. The van der Waals surface area contributed by atoms with Gasteiger partial charge in [0.1, 0.15) is 5.69 Å². The highest BCUT2D eigenvalue weighted by Crippen LogP contribution is 2.25. The maximum absolute atomic E-state index is 11.4. The van der Waals surface area contributed by atoms with Gasteiger partial charge in [0.2, 0.25) is 0 Å². The van der Waals surface area contributed by atoms with Crippen LogP contribution in [0, 0.1) is 0 Å². The smallest absolute Gasteiger partial charge is 0.355 e. The predicted octanol–water partition coefficient (Wildman–Crippen LogP) is 2.69. The Morgan fingerprint density at radius 2 is 2.40 bits per heavy atom. The van der Waals surface area contributed by atoms with E-state index in [1.807, 2.05) is 19.3 Å². The normalized spacial score (nSPS) is 10.1. The molecule has 1 aromatic heterocycles. The van der Waals surface area contributed by atoms with Crippen LogP contribution in [0.15, 0.2) is 23.3 Å². The second-order valence-corrected chi connectivity index (χ2v) is 4.04. The second kappa shape index (κ2) is 5.16. The van der Waals surface area contributed by atoms with Gasteiger partial charge in [-0.3, -0.25) is 0 Å². The van der Waals surface area contributed by atoms with Gasteiger partial charge in [-0.1, -0.05) is 6.08 Å². The number of rotatable bonds is 4. The predicted molar refractivity (Wildman–Crippen MR) is 63.0 cm³/mol. The van der Waals surface area contributed by atoms with Crippen LogP contribution in [0.4, 0.5) is 0 Å². The average molecular weight is 272 g/mol. The van der Waals surface area contributed by atoms with Crippen molar-refractivity contribution >= 4 is 21.9 Å². The molecule has 0 aliphatic carbocycles. The quantitative estimate of drug-likeness (QED) is 0.623. The van der Waals surface area contributed by atoms with Crippen LogP contribution < -0.4 is 0 Å². The first-order valence-corrected chi connectivity index (χ1v) is 5.44. The van der Waals surface area contributed by atoms with Crippen molar-refractivity contribution in [3.63, 3.8) is 0 Å². The van der Waals surface area contributed by atoms with Crippen molar-refractivity contribution < 1.29 is 9.53 Å². The first-order valence-electron chi connectivity index (χ1n) is 4.64. The van der Waals surface area contributed by atoms with Crippen molar-refractivity contribution in [3.05, 3.63) is 34.6 Å². The van der Waals surface area contributed by atoms with E-state index in [2.05, 4.69) is 22.5 Å². The molecule has 0 unspecified atom stereocenters. The molecule has 0 amide bonds. The molecule has 0 bridgehead atoms. The van der Waals surface area contributed by atoms with Crippen LogP contribution in [0.3, 0.4) is 0 Å². The molecule has 3 nitrogen and oxygen atoms in total. The summed E-state index contributed by atoms with van der Waals surface area (Å²) < 4.78 is 7.30. The molecule has 0 spiro atoms. The zero-order valence-corrected chi connectivity index (χ0v) is 10.5. The summed E-state index contributed by atoms with van der Waals surface area (Å²) in [6.07, 6.45) is 5.55. The number of nitrogens with zero attached hydrogens (tertiary/aromatic N) is 1. The van der Waals surface area contributed by atoms with Gasteiger partial charge in [-0.15, -0.1) is 6.58 Å². The van der Waals surface area contributed by atoms with Gasteiger partial charge in [-0.05, 0) is 34.3 Å². The highest BCUT2D eigenvalue weighted by Gasteiger charge is 2.18. The van der Waals surface area contributed by atoms with E-state index in [1.54, 1.807) is 4.57 Å². The highest BCUT2D eigenvalue weighted by atomic mass is 79.9. The Bertz CT molecular complexity index is 382. The van der Waals surface area contributed by atoms with Crippen LogP contribution in [0.5, 0.6) is 0 Å². The fourth-order valence-corrected chi connectivity index (χ4v) is 2.17. The standard InChI is InChI=1S/C11H14BrNO2/c1-4-5-6-8-7-13(2)10(9(8)12)11(14)15-3/h4,7H,1,5-6H2,2-3H3. The van der Waals surface area contributed by atoms with E-state index in [1.165, 1.54) is 7.11 Å². The number of allylic oxidation sites excluding steroid dienone is 1. The minimum Gasteiger partial charge on any atom is -0.464 e. The monoisotopic (exact) mass is 271 g/mol. The molecule has 0 saturated heterocycles. The summed E-state index contributed by atoms with van der Waals surface area (Å²) in [5.74, 6) is -0.325. The summed E-state index contributed by atoms with van der Waals surface area (Å²) in [4.78, 5) is 11.4. The maximum Gasteiger partial charge on any atom is 0.355 e. The molecule has 1 rings (SSSR count). The summed E-state index contributed by atoms with van der Waals surface area (Å²) in [6, 6.07) is 0. The Balaban J connectivity index is 3.03. The minimum atomic E-state index is -0.325. The lowest BCUT2D eigenvalue weighted by Gasteiger charge is -2.00. The molecule has 1 heterocycles. The topological polar surface area (TPSA) is 31.2 Å². The van der Waals surface area contributed by atoms with Gasteiger partial charge < -0.3 is 9.30 Å². The van der Waals surface area contributed by atoms with Crippen LogP contribution in [0.25, 0.3) is 0 Å². The molecule has 1 aromatic rings. The summed E-state index contributed by atoms with van der Waals surface area (Å²) in [6.45, 7) is 3.67. The number of carbonyl (C=O) groups excluding carboxylic acids is 1. The molecule has 0 aromatic carbocycles. The summed E-state index contributed by atoms with van der Waals surface area (Å²) in [5.41, 5.74) is 1.65. The van der Waals surface area contributed by atoms with Gasteiger partial charge in [0.25, 0.3) is 0 Å². The van der Waals surface area contributed by atoms with E-state index in [4.69, 9.17) is 4.74 Å². The van der Waals surface area contributed by atoms with E-state index >= 15 is 0 Å². The molecule has 0 aliphatic heterocycles. The number of hydrogen-bond donors (Lipinski definition) is 0. The molecule has 0 atom stereocenters. The van der Waals surface area contributed by atoms with Crippen LogP contribution in [0.1, 0.15) is 22.5 Å². The molecule has 0 fully saturated rings. The van der Waals surface area contributed by atoms with Crippen molar-refractivity contribution in [2.45, 2.75) is 12.8 Å². The molecule has 15 heavy (non-hydrogen) atoms. The largest absolute Gasteiger partial charge is 0.464 e. The zero-order valence-electron chi connectivity index (χ0n) is 8.92. The summed E-state index contributed by atoms with van der Waals surface area (Å²) in [7, 11) is 3.21. The molecular weight excluding hydrogens is 258 g/mol. The van der Waals surface area contributed by atoms with Gasteiger partial charge in [-0.2, -0.15) is 0 Å². The van der Waals surface area contributed by atoms with E-state index in [9.17, 15) is 4.79 Å². The Kier molecular flexibility index (Phi) is 4.15. The number of ether oxygens (including phenoxy) is 1. The van der Waals surface area contributed by atoms with Crippen LogP contribution in [-0.2, 0) is 18.2 Å². The van der Waals surface area contributed by atoms with Gasteiger partial charge >= 0.3 is 5.97 Å². The lowest BCUT2D eigenvalue weighted by Crippen LogP contribution is -2.07. The number of halogens is 1. The van der Waals surface area contributed by atoms with E-state index in [-0.39, 0.29) is 5.97 Å². The van der Waals surface area contributed by atoms with Crippen molar-refractivity contribution in [1.82, 2.24) is 4.57 Å². The second-order valence-electron chi connectivity index (χ2n) is 3.25. The zero-order chi connectivity index (χ0) is 11.4. The van der Waals surface area contributed by atoms with Gasteiger partial charge in [0.05, 0.1) is 11.6 Å². The minimum absolute atomic E-state index is 0.325. The number of esters is 1. The Morgan fingerprint density at radius 1 is 1.73 bits per heavy atom. The number of carbonyl (C=O) groups is 1. The highest BCUT2D eigenvalue weighted by molar-refractivity contribution is 9.10. The maximum atomic E-state index is 11.4. The SMILES string of the molecule is C=CCCc1cn(C)c(C(=O)OC)c1Br. The summed E-state index contributed by atoms with van der Waals surface area (Å²) >= 11 is 3.42. The van der Waals surface area contributed by atoms with Gasteiger partial charge in [-0.25, -0.2) is 4.79 Å². The lowest BCUT2D eigenvalue weighted by atomic mass is 10.2. The molecule has 0 saturated carbocycles. The molecule has 82 valence electrons. The molecule has 0 N–H and O–H groups in total. The first-order chi connectivity index (χ1) is 7.11. The third kappa shape index (κ3) is 2.50. The fraction of sp³-hybridized carbons (Fsp3) is 0.364. The third-order valence-electron chi connectivity index (χ3n) is 2.19. The number of aromatic nitrogens is 1. The van der Waals surface area contributed by atoms with E-state index in [0.29, 0.717) is 5.69 Å². The number of aryl methyl sites for hydroxylation is 2. The van der Waals surface area contributed by atoms with Crippen molar-refractivity contribution in [3.8, 4) is 0 Å². The van der Waals surface area contributed by atoms with Crippen molar-refractivity contribution in [1.29, 1.82) is 0 Å². The number of methoxy groups -OCH3 is 1. The number of hydrogen-bond acceptors (Lipinski definition) is 2. The van der Waals surface area contributed by atoms with Crippen LogP contribution in [0.2, 0.25) is 0 Å². The van der Waals surface area contributed by atoms with E-state index < -0.39 is 0 Å². The fourth-order valence-electron chi connectivity index (χ4n) is 1.42. The Labute approximate surface area is 97.9 Å². The van der Waals surface area contributed by atoms with Crippen molar-refractivity contribution in [2.75, 3.05) is 7.11 Å². The molecule has 4 heteroatoms. The van der Waals surface area contributed by atoms with Crippen LogP contribution >= 0.6 is 15.9 Å². The van der Waals surface area contributed by atoms with Crippen LogP contribution in [-0.4, -0.2) is 17.6 Å². The first kappa shape index (κ1) is 12.0. The average Bonchev–Trinajstić information content (AvgIpc) is 2.50. The molecule has 0 radical (unpaired) electrons. The van der Waals surface area contributed by atoms with Crippen molar-refractivity contribution in [2.24, 2.45) is 7.05 Å². The summed E-state index contributed by atoms with van der Waals surface area (Å²) in [5, 5.41) is 0.